The van der Waals surface area contributed by atoms with Crippen LogP contribution in [0.4, 0.5) is 17.1 Å². The fraction of sp³-hybridized carbons (Fsp3) is 0.0714. The van der Waals surface area contributed by atoms with Gasteiger partial charge in [-0.05, 0) is 79.9 Å². The van der Waals surface area contributed by atoms with Gasteiger partial charge in [0.1, 0.15) is 0 Å². The number of para-hydroxylation sites is 3. The monoisotopic (exact) mass is 761 g/mol. The van der Waals surface area contributed by atoms with E-state index in [9.17, 15) is 0 Å². The van der Waals surface area contributed by atoms with Gasteiger partial charge < -0.3 is 4.90 Å². The van der Waals surface area contributed by atoms with Gasteiger partial charge in [0.15, 0.2) is 0 Å². The van der Waals surface area contributed by atoms with Crippen molar-refractivity contribution in [1.29, 1.82) is 0 Å². The Hall–Kier alpha value is -6.74. The zero-order valence-electron chi connectivity index (χ0n) is 33.0. The van der Waals surface area contributed by atoms with E-state index in [1.165, 1.54) is 81.0 Å². The number of benzene rings is 9. The fourth-order valence-corrected chi connectivity index (χ4v) is 9.80. The summed E-state index contributed by atoms with van der Waals surface area (Å²) in [6.07, 6.45) is 0. The molecule has 0 radical (unpaired) electrons. The number of hydrogen-bond donors (Lipinski definition) is 0. The molecule has 9 aromatic carbocycles. The summed E-state index contributed by atoms with van der Waals surface area (Å²) in [5.41, 5.74) is 14.3. The molecule has 1 aromatic heterocycles. The van der Waals surface area contributed by atoms with Gasteiger partial charge in [0, 0.05) is 36.9 Å². The summed E-state index contributed by atoms with van der Waals surface area (Å²) in [6.45, 7) is 6.83. The maximum absolute atomic E-state index is 2.52. The van der Waals surface area contributed by atoms with E-state index >= 15 is 0 Å². The molecule has 0 fully saturated rings. The third-order valence-electron chi connectivity index (χ3n) is 11.5. The van der Waals surface area contributed by atoms with Crippen LogP contribution in [0.15, 0.2) is 206 Å². The molecule has 10 rings (SSSR count). The van der Waals surface area contributed by atoms with Gasteiger partial charge in [0.2, 0.25) is 0 Å². The average molecular weight is 762 g/mol. The molecule has 0 unspecified atom stereocenters. The zero-order valence-corrected chi connectivity index (χ0v) is 33.8. The lowest BCUT2D eigenvalue weighted by Crippen LogP contribution is -2.14. The Balaban J connectivity index is 1.27. The van der Waals surface area contributed by atoms with Gasteiger partial charge in [0.05, 0.1) is 17.1 Å². The molecule has 0 spiro atoms. The molecule has 0 N–H and O–H groups in total. The normalized spacial score (nSPS) is 11.7. The van der Waals surface area contributed by atoms with Crippen LogP contribution in [-0.2, 0) is 5.41 Å². The van der Waals surface area contributed by atoms with Gasteiger partial charge in [0.25, 0.3) is 0 Å². The molecule has 278 valence electrons. The van der Waals surface area contributed by atoms with Crippen molar-refractivity contribution in [2.45, 2.75) is 26.2 Å². The molecule has 58 heavy (non-hydrogen) atoms. The van der Waals surface area contributed by atoms with Gasteiger partial charge in [-0.3, -0.25) is 0 Å². The fourth-order valence-electron chi connectivity index (χ4n) is 8.67. The second-order valence-corrected chi connectivity index (χ2v) is 17.2. The zero-order chi connectivity index (χ0) is 39.2. The molecular weight excluding hydrogens is 719 g/mol. The standard InChI is InChI=1S/C56H43NS/c1-56(2,3)41-36-34-39(35-37-41)42-22-7-11-29-49(42)57(51-31-13-9-24-45(51)47-28-17-33-53-55(47)48-25-10-14-32-52(48)58-53)50-30-12-8-23-44(50)46-27-16-21-40-20-15-26-43(54(40)46)38-18-5-4-6-19-38/h4-37H,1-3H3. The Bertz CT molecular complexity index is 3090. The number of fused-ring (bicyclic) bond motifs is 4. The molecule has 0 saturated heterocycles. The molecule has 0 saturated carbocycles. The van der Waals surface area contributed by atoms with E-state index in [1.807, 2.05) is 11.3 Å². The van der Waals surface area contributed by atoms with Crippen LogP contribution in [0, 0.1) is 0 Å². The van der Waals surface area contributed by atoms with Crippen LogP contribution in [0.2, 0.25) is 0 Å². The Labute approximate surface area is 345 Å². The molecule has 10 aromatic rings. The van der Waals surface area contributed by atoms with Crippen LogP contribution in [0.3, 0.4) is 0 Å². The van der Waals surface area contributed by atoms with Crippen molar-refractivity contribution in [3.8, 4) is 44.5 Å². The predicted octanol–water partition coefficient (Wildman–Crippen LogP) is 16.6. The van der Waals surface area contributed by atoms with E-state index in [-0.39, 0.29) is 5.41 Å². The lowest BCUT2D eigenvalue weighted by atomic mass is 9.86. The quantitative estimate of drug-likeness (QED) is 0.156. The second-order valence-electron chi connectivity index (χ2n) is 16.1. The highest BCUT2D eigenvalue weighted by molar-refractivity contribution is 7.25. The van der Waals surface area contributed by atoms with Gasteiger partial charge in [-0.15, -0.1) is 11.3 Å². The summed E-state index contributed by atoms with van der Waals surface area (Å²) in [6, 6.07) is 75.9. The number of anilines is 3. The average Bonchev–Trinajstić information content (AvgIpc) is 3.66. The molecule has 1 nitrogen and oxygen atoms in total. The summed E-state index contributed by atoms with van der Waals surface area (Å²) >= 11 is 1.87. The molecule has 1 heterocycles. The van der Waals surface area contributed by atoms with Crippen LogP contribution >= 0.6 is 11.3 Å². The minimum absolute atomic E-state index is 0.0614. The summed E-state index contributed by atoms with van der Waals surface area (Å²) in [7, 11) is 0. The smallest absolute Gasteiger partial charge is 0.0540 e. The van der Waals surface area contributed by atoms with Crippen molar-refractivity contribution in [1.82, 2.24) is 0 Å². The molecule has 2 heteroatoms. The van der Waals surface area contributed by atoms with E-state index < -0.39 is 0 Å². The molecule has 0 aliphatic rings. The highest BCUT2D eigenvalue weighted by Crippen LogP contribution is 2.51. The van der Waals surface area contributed by atoms with E-state index in [0.29, 0.717) is 0 Å². The Kier molecular flexibility index (Phi) is 9.00. The summed E-state index contributed by atoms with van der Waals surface area (Å²) in [5.74, 6) is 0. The van der Waals surface area contributed by atoms with Crippen LogP contribution < -0.4 is 4.90 Å². The molecule has 0 bridgehead atoms. The maximum Gasteiger partial charge on any atom is 0.0540 e. The summed E-state index contributed by atoms with van der Waals surface area (Å²) in [5, 5.41) is 5.06. The Morgan fingerprint density at radius 2 is 0.810 bits per heavy atom. The maximum atomic E-state index is 2.52. The van der Waals surface area contributed by atoms with Crippen LogP contribution in [-0.4, -0.2) is 0 Å². The van der Waals surface area contributed by atoms with Gasteiger partial charge >= 0.3 is 0 Å². The van der Waals surface area contributed by atoms with Crippen LogP contribution in [0.5, 0.6) is 0 Å². The van der Waals surface area contributed by atoms with E-state index in [2.05, 4.69) is 232 Å². The third kappa shape index (κ3) is 6.27. The first kappa shape index (κ1) is 35.7. The first-order valence-corrected chi connectivity index (χ1v) is 20.9. The molecule has 0 atom stereocenters. The van der Waals surface area contributed by atoms with Crippen LogP contribution in [0.1, 0.15) is 26.3 Å². The number of thiophene rings is 1. The third-order valence-corrected chi connectivity index (χ3v) is 12.6. The number of nitrogens with zero attached hydrogens (tertiary/aromatic N) is 1. The van der Waals surface area contributed by atoms with Crippen molar-refractivity contribution < 1.29 is 0 Å². The predicted molar refractivity (Wildman–Crippen MR) is 252 cm³/mol. The van der Waals surface area contributed by atoms with E-state index in [4.69, 9.17) is 0 Å². The van der Waals surface area contributed by atoms with Crippen molar-refractivity contribution in [3.63, 3.8) is 0 Å². The largest absolute Gasteiger partial charge is 0.309 e. The molecule has 0 amide bonds. The first-order chi connectivity index (χ1) is 28.4. The summed E-state index contributed by atoms with van der Waals surface area (Å²) < 4.78 is 2.60. The van der Waals surface area contributed by atoms with Crippen molar-refractivity contribution in [3.05, 3.63) is 212 Å². The molecule has 0 aliphatic heterocycles. The lowest BCUT2D eigenvalue weighted by molar-refractivity contribution is 0.590. The molecule has 0 aliphatic carbocycles. The minimum atomic E-state index is 0.0614. The van der Waals surface area contributed by atoms with Gasteiger partial charge in [-0.2, -0.15) is 0 Å². The Morgan fingerprint density at radius 3 is 1.47 bits per heavy atom. The topological polar surface area (TPSA) is 3.24 Å². The first-order valence-electron chi connectivity index (χ1n) is 20.1. The summed E-state index contributed by atoms with van der Waals surface area (Å²) in [4.78, 5) is 2.52. The number of rotatable bonds is 7. The number of hydrogen-bond acceptors (Lipinski definition) is 2. The van der Waals surface area contributed by atoms with Gasteiger partial charge in [-0.1, -0.05) is 197 Å². The minimum Gasteiger partial charge on any atom is -0.309 e. The lowest BCUT2D eigenvalue weighted by Gasteiger charge is -2.32. The van der Waals surface area contributed by atoms with E-state index in [1.54, 1.807) is 0 Å². The van der Waals surface area contributed by atoms with Gasteiger partial charge in [-0.25, -0.2) is 0 Å². The molecular formula is C56H43NS. The SMILES string of the molecule is CC(C)(C)c1ccc(-c2ccccc2N(c2ccccc2-c2cccc3cccc(-c4ccccc4)c23)c2ccccc2-c2cccc3sc4ccccc4c23)cc1. The highest BCUT2D eigenvalue weighted by atomic mass is 32.1. The van der Waals surface area contributed by atoms with Crippen molar-refractivity contribution in [2.24, 2.45) is 0 Å². The second kappa shape index (κ2) is 14.6. The van der Waals surface area contributed by atoms with Crippen molar-refractivity contribution in [2.75, 3.05) is 4.90 Å². The Morgan fingerprint density at radius 1 is 0.345 bits per heavy atom. The highest BCUT2D eigenvalue weighted by Gasteiger charge is 2.25. The van der Waals surface area contributed by atoms with Crippen molar-refractivity contribution >= 4 is 59.3 Å². The van der Waals surface area contributed by atoms with E-state index in [0.717, 1.165) is 17.1 Å². The van der Waals surface area contributed by atoms with Crippen LogP contribution in [0.25, 0.3) is 75.5 Å².